The highest BCUT2D eigenvalue weighted by atomic mass is 16.5. The molecule has 2 atom stereocenters. The molecule has 0 amide bonds. The summed E-state index contributed by atoms with van der Waals surface area (Å²) in [6.07, 6.45) is 4.34. The Morgan fingerprint density at radius 1 is 1.43 bits per heavy atom. The van der Waals surface area contributed by atoms with E-state index in [1.165, 1.54) is 0 Å². The Bertz CT molecular complexity index is 591. The van der Waals surface area contributed by atoms with Gasteiger partial charge in [-0.25, -0.2) is 0 Å². The summed E-state index contributed by atoms with van der Waals surface area (Å²) >= 11 is 0. The molecule has 1 saturated carbocycles. The van der Waals surface area contributed by atoms with Gasteiger partial charge in [0.25, 0.3) is 0 Å². The number of aromatic nitrogens is 1. The molecular formula is C15H18N2O4. The lowest BCUT2D eigenvalue weighted by molar-refractivity contribution is -0.142. The van der Waals surface area contributed by atoms with Crippen LogP contribution < -0.4 is 5.32 Å². The average molecular weight is 290 g/mol. The van der Waals surface area contributed by atoms with Gasteiger partial charge in [-0.15, -0.1) is 0 Å². The van der Waals surface area contributed by atoms with Crippen molar-refractivity contribution >= 4 is 5.97 Å². The number of carboxylic acid groups (broad SMARTS) is 1. The van der Waals surface area contributed by atoms with Crippen molar-refractivity contribution in [2.45, 2.75) is 25.8 Å². The molecule has 2 heterocycles. The minimum Gasteiger partial charge on any atom is -0.481 e. The quantitative estimate of drug-likeness (QED) is 0.850. The fourth-order valence-corrected chi connectivity index (χ4v) is 2.92. The molecule has 0 aromatic carbocycles. The number of carbonyl (C=O) groups is 1. The second kappa shape index (κ2) is 6.13. The van der Waals surface area contributed by atoms with Crippen LogP contribution in [0.3, 0.4) is 0 Å². The average Bonchev–Trinajstić information content (AvgIpc) is 3.20. The lowest BCUT2D eigenvalue weighted by Crippen LogP contribution is -2.28. The standard InChI is InChI=1S/C15H18N2O4/c18-15(19)12-4-1-3-10(12)8-16-9-11-7-14(21-17-11)13-5-2-6-20-13/h2,5-7,10,12,16H,1,3-4,8-9H2,(H,18,19). The van der Waals surface area contributed by atoms with Crippen LogP contribution in [0.15, 0.2) is 33.4 Å². The lowest BCUT2D eigenvalue weighted by Gasteiger charge is -2.15. The summed E-state index contributed by atoms with van der Waals surface area (Å²) in [5, 5.41) is 16.4. The molecule has 6 heteroatoms. The molecule has 1 aliphatic carbocycles. The first-order valence-electron chi connectivity index (χ1n) is 7.17. The molecule has 0 radical (unpaired) electrons. The number of rotatable bonds is 6. The minimum absolute atomic E-state index is 0.207. The number of carboxylic acids is 1. The lowest BCUT2D eigenvalue weighted by atomic mass is 9.96. The Kier molecular flexibility index (Phi) is 4.06. The van der Waals surface area contributed by atoms with Crippen LogP contribution in [0.1, 0.15) is 25.0 Å². The molecule has 2 N–H and O–H groups in total. The Morgan fingerprint density at radius 2 is 2.33 bits per heavy atom. The molecule has 2 aromatic rings. The van der Waals surface area contributed by atoms with Gasteiger partial charge in [0.2, 0.25) is 5.76 Å². The van der Waals surface area contributed by atoms with Crippen LogP contribution in [0.4, 0.5) is 0 Å². The van der Waals surface area contributed by atoms with Crippen LogP contribution in [0, 0.1) is 11.8 Å². The van der Waals surface area contributed by atoms with Gasteiger partial charge < -0.3 is 19.4 Å². The molecule has 0 saturated heterocycles. The number of furan rings is 1. The van der Waals surface area contributed by atoms with Crippen LogP contribution in [-0.2, 0) is 11.3 Å². The molecule has 112 valence electrons. The fraction of sp³-hybridized carbons (Fsp3) is 0.467. The normalized spacial score (nSPS) is 21.7. The summed E-state index contributed by atoms with van der Waals surface area (Å²) in [7, 11) is 0. The highest BCUT2D eigenvalue weighted by molar-refractivity contribution is 5.70. The SMILES string of the molecule is O=C(O)C1CCCC1CNCc1cc(-c2ccco2)on1. The molecule has 2 aromatic heterocycles. The van der Waals surface area contributed by atoms with Crippen LogP contribution >= 0.6 is 0 Å². The van der Waals surface area contributed by atoms with Gasteiger partial charge in [-0.3, -0.25) is 4.79 Å². The van der Waals surface area contributed by atoms with Crippen LogP contribution in [0.5, 0.6) is 0 Å². The molecular weight excluding hydrogens is 272 g/mol. The van der Waals surface area contributed by atoms with Crippen molar-refractivity contribution in [3.05, 3.63) is 30.2 Å². The molecule has 2 unspecified atom stereocenters. The first-order chi connectivity index (χ1) is 10.2. The molecule has 1 fully saturated rings. The number of aliphatic carboxylic acids is 1. The van der Waals surface area contributed by atoms with Gasteiger partial charge in [-0.2, -0.15) is 0 Å². The van der Waals surface area contributed by atoms with Crippen molar-refractivity contribution < 1.29 is 18.8 Å². The highest BCUT2D eigenvalue weighted by Gasteiger charge is 2.32. The van der Waals surface area contributed by atoms with E-state index in [0.29, 0.717) is 24.6 Å². The molecule has 6 nitrogen and oxygen atoms in total. The van der Waals surface area contributed by atoms with Gasteiger partial charge in [0.05, 0.1) is 17.9 Å². The zero-order valence-corrected chi connectivity index (χ0v) is 11.6. The van der Waals surface area contributed by atoms with Crippen LogP contribution in [-0.4, -0.2) is 22.8 Å². The van der Waals surface area contributed by atoms with Crippen LogP contribution in [0.2, 0.25) is 0 Å². The van der Waals surface area contributed by atoms with E-state index in [9.17, 15) is 4.79 Å². The first kappa shape index (κ1) is 13.9. The van der Waals surface area contributed by atoms with Crippen molar-refractivity contribution in [2.75, 3.05) is 6.54 Å². The predicted octanol–water partition coefficient (Wildman–Crippen LogP) is 2.53. The van der Waals surface area contributed by atoms with Gasteiger partial charge in [-0.05, 0) is 37.4 Å². The zero-order valence-electron chi connectivity index (χ0n) is 11.6. The van der Waals surface area contributed by atoms with Gasteiger partial charge in [-0.1, -0.05) is 11.6 Å². The third kappa shape index (κ3) is 3.16. The number of nitrogens with zero attached hydrogens (tertiary/aromatic N) is 1. The Morgan fingerprint density at radius 3 is 3.10 bits per heavy atom. The van der Waals surface area contributed by atoms with E-state index >= 15 is 0 Å². The van der Waals surface area contributed by atoms with Crippen molar-refractivity contribution in [1.29, 1.82) is 0 Å². The zero-order chi connectivity index (χ0) is 14.7. The van der Waals surface area contributed by atoms with E-state index in [1.807, 2.05) is 12.1 Å². The summed E-state index contributed by atoms with van der Waals surface area (Å²) in [5.41, 5.74) is 0.784. The Labute approximate surface area is 122 Å². The fourth-order valence-electron chi connectivity index (χ4n) is 2.92. The van der Waals surface area contributed by atoms with Gasteiger partial charge in [0.15, 0.2) is 5.76 Å². The van der Waals surface area contributed by atoms with Gasteiger partial charge in [0, 0.05) is 12.6 Å². The molecule has 1 aliphatic rings. The van der Waals surface area contributed by atoms with E-state index in [0.717, 1.165) is 25.0 Å². The van der Waals surface area contributed by atoms with Gasteiger partial charge in [0.1, 0.15) is 0 Å². The van der Waals surface area contributed by atoms with Crippen molar-refractivity contribution in [3.8, 4) is 11.5 Å². The van der Waals surface area contributed by atoms with E-state index in [-0.39, 0.29) is 11.8 Å². The monoisotopic (exact) mass is 290 g/mol. The predicted molar refractivity (Wildman–Crippen MR) is 74.4 cm³/mol. The molecule has 21 heavy (non-hydrogen) atoms. The topological polar surface area (TPSA) is 88.5 Å². The summed E-state index contributed by atoms with van der Waals surface area (Å²) < 4.78 is 10.5. The summed E-state index contributed by atoms with van der Waals surface area (Å²) in [6, 6.07) is 5.44. The minimum atomic E-state index is -0.680. The molecule has 0 spiro atoms. The maximum absolute atomic E-state index is 11.1. The Balaban J connectivity index is 1.51. The summed E-state index contributed by atoms with van der Waals surface area (Å²) in [4.78, 5) is 11.1. The maximum Gasteiger partial charge on any atom is 0.306 e. The first-order valence-corrected chi connectivity index (χ1v) is 7.17. The molecule has 0 aliphatic heterocycles. The second-order valence-electron chi connectivity index (χ2n) is 5.43. The maximum atomic E-state index is 11.1. The summed E-state index contributed by atoms with van der Waals surface area (Å²) in [5.74, 6) is 0.560. The van der Waals surface area contributed by atoms with E-state index < -0.39 is 5.97 Å². The second-order valence-corrected chi connectivity index (χ2v) is 5.43. The number of hydrogen-bond donors (Lipinski definition) is 2. The number of nitrogens with one attached hydrogen (secondary N) is 1. The van der Waals surface area contributed by atoms with Crippen molar-refractivity contribution in [2.24, 2.45) is 11.8 Å². The third-order valence-electron chi connectivity index (χ3n) is 4.01. The van der Waals surface area contributed by atoms with E-state index in [4.69, 9.17) is 14.0 Å². The van der Waals surface area contributed by atoms with Crippen molar-refractivity contribution in [3.63, 3.8) is 0 Å². The Hall–Kier alpha value is -2.08. The highest BCUT2D eigenvalue weighted by Crippen LogP contribution is 2.31. The smallest absolute Gasteiger partial charge is 0.306 e. The van der Waals surface area contributed by atoms with E-state index in [1.54, 1.807) is 12.3 Å². The van der Waals surface area contributed by atoms with E-state index in [2.05, 4.69) is 10.5 Å². The molecule has 0 bridgehead atoms. The largest absolute Gasteiger partial charge is 0.481 e. The van der Waals surface area contributed by atoms with Crippen molar-refractivity contribution in [1.82, 2.24) is 10.5 Å². The third-order valence-corrected chi connectivity index (χ3v) is 4.01. The number of hydrogen-bond acceptors (Lipinski definition) is 5. The molecule has 3 rings (SSSR count). The van der Waals surface area contributed by atoms with Gasteiger partial charge >= 0.3 is 5.97 Å². The van der Waals surface area contributed by atoms with Crippen LogP contribution in [0.25, 0.3) is 11.5 Å². The summed E-state index contributed by atoms with van der Waals surface area (Å²) in [6.45, 7) is 1.26.